The highest BCUT2D eigenvalue weighted by Crippen LogP contribution is 2.07. The number of aromatic nitrogens is 3. The molecular formula is C10H18N4O2. The van der Waals surface area contributed by atoms with Crippen molar-refractivity contribution < 1.29 is 10.2 Å². The Morgan fingerprint density at radius 2 is 1.69 bits per heavy atom. The smallest absolute Gasteiger partial charge is 0.243 e. The average molecular weight is 226 g/mol. The van der Waals surface area contributed by atoms with Crippen molar-refractivity contribution in [3.05, 3.63) is 11.4 Å². The van der Waals surface area contributed by atoms with Crippen molar-refractivity contribution >= 4 is 5.95 Å². The highest BCUT2D eigenvalue weighted by Gasteiger charge is 2.10. The largest absolute Gasteiger partial charge is 0.394 e. The summed E-state index contributed by atoms with van der Waals surface area (Å²) in [5.74, 6) is 0.349. The molecule has 16 heavy (non-hydrogen) atoms. The zero-order chi connectivity index (χ0) is 12.0. The Balaban J connectivity index is 2.82. The summed E-state index contributed by atoms with van der Waals surface area (Å²) in [6, 6.07) is -0.445. The number of aliphatic hydroxyl groups excluding tert-OH is 2. The Morgan fingerprint density at radius 1 is 1.06 bits per heavy atom. The Bertz CT molecular complexity index is 329. The number of hydrogen-bond acceptors (Lipinski definition) is 6. The maximum Gasteiger partial charge on any atom is 0.243 e. The maximum atomic E-state index is 8.92. The van der Waals surface area contributed by atoms with Crippen LogP contribution in [0.4, 0.5) is 5.95 Å². The highest BCUT2D eigenvalue weighted by molar-refractivity contribution is 5.27. The summed E-state index contributed by atoms with van der Waals surface area (Å²) in [4.78, 5) is 4.29. The van der Waals surface area contributed by atoms with Gasteiger partial charge in [-0.05, 0) is 12.8 Å². The molecule has 90 valence electrons. The molecule has 0 fully saturated rings. The number of aryl methyl sites for hydroxylation is 2. The summed E-state index contributed by atoms with van der Waals surface area (Å²) in [7, 11) is 0. The second kappa shape index (κ2) is 6.34. The van der Waals surface area contributed by atoms with Crippen molar-refractivity contribution in [3.8, 4) is 0 Å². The molecule has 0 spiro atoms. The van der Waals surface area contributed by atoms with E-state index in [-0.39, 0.29) is 13.2 Å². The zero-order valence-corrected chi connectivity index (χ0v) is 9.64. The summed E-state index contributed by atoms with van der Waals surface area (Å²) in [6.07, 6.45) is 1.59. The minimum Gasteiger partial charge on any atom is -0.394 e. The van der Waals surface area contributed by atoms with Gasteiger partial charge in [-0.3, -0.25) is 0 Å². The molecule has 3 N–H and O–H groups in total. The zero-order valence-electron chi connectivity index (χ0n) is 9.64. The standard InChI is InChI=1S/C10H18N4O2/c1-3-8-9(4-2)13-14-10(12-8)11-7(5-15)6-16/h7,15-16H,3-6H2,1-2H3,(H,11,12,14). The van der Waals surface area contributed by atoms with Gasteiger partial charge in [0, 0.05) is 0 Å². The van der Waals surface area contributed by atoms with Crippen LogP contribution in [0.25, 0.3) is 0 Å². The second-order valence-electron chi connectivity index (χ2n) is 3.44. The molecule has 0 aromatic carbocycles. The molecule has 0 aliphatic heterocycles. The molecular weight excluding hydrogens is 208 g/mol. The van der Waals surface area contributed by atoms with E-state index >= 15 is 0 Å². The van der Waals surface area contributed by atoms with E-state index in [1.165, 1.54) is 0 Å². The molecule has 0 aliphatic rings. The van der Waals surface area contributed by atoms with E-state index in [0.29, 0.717) is 5.95 Å². The molecule has 1 aromatic rings. The third-order valence-electron chi connectivity index (χ3n) is 2.28. The summed E-state index contributed by atoms with van der Waals surface area (Å²) in [6.45, 7) is 3.67. The van der Waals surface area contributed by atoms with Crippen molar-refractivity contribution in [2.75, 3.05) is 18.5 Å². The van der Waals surface area contributed by atoms with Gasteiger partial charge in [0.2, 0.25) is 5.95 Å². The van der Waals surface area contributed by atoms with Gasteiger partial charge >= 0.3 is 0 Å². The van der Waals surface area contributed by atoms with E-state index < -0.39 is 6.04 Å². The van der Waals surface area contributed by atoms with Crippen LogP contribution in [0, 0.1) is 0 Å². The predicted molar refractivity (Wildman–Crippen MR) is 60.2 cm³/mol. The fraction of sp³-hybridized carbons (Fsp3) is 0.700. The minimum absolute atomic E-state index is 0.170. The highest BCUT2D eigenvalue weighted by atomic mass is 16.3. The summed E-state index contributed by atoms with van der Waals surface area (Å²) < 4.78 is 0. The molecule has 0 aliphatic carbocycles. The van der Waals surface area contributed by atoms with Crippen LogP contribution >= 0.6 is 0 Å². The normalized spacial score (nSPS) is 10.8. The summed E-state index contributed by atoms with van der Waals surface area (Å²) >= 11 is 0. The van der Waals surface area contributed by atoms with Crippen LogP contribution in [-0.2, 0) is 12.8 Å². The molecule has 1 rings (SSSR count). The first kappa shape index (κ1) is 12.8. The molecule has 6 heteroatoms. The third kappa shape index (κ3) is 3.11. The molecule has 0 radical (unpaired) electrons. The lowest BCUT2D eigenvalue weighted by atomic mass is 10.2. The van der Waals surface area contributed by atoms with Gasteiger partial charge in [0.1, 0.15) is 0 Å². The lowest BCUT2D eigenvalue weighted by Gasteiger charge is -2.13. The van der Waals surface area contributed by atoms with Gasteiger partial charge in [0.05, 0.1) is 30.6 Å². The van der Waals surface area contributed by atoms with Crippen LogP contribution in [0.3, 0.4) is 0 Å². The lowest BCUT2D eigenvalue weighted by molar-refractivity contribution is 0.203. The van der Waals surface area contributed by atoms with Gasteiger partial charge in [0.25, 0.3) is 0 Å². The van der Waals surface area contributed by atoms with Gasteiger partial charge in [-0.25, -0.2) is 4.98 Å². The molecule has 0 amide bonds. The Hall–Kier alpha value is -1.27. The number of nitrogens with one attached hydrogen (secondary N) is 1. The van der Waals surface area contributed by atoms with Crippen LogP contribution in [0.1, 0.15) is 25.2 Å². The number of nitrogens with zero attached hydrogens (tertiary/aromatic N) is 3. The van der Waals surface area contributed by atoms with Gasteiger partial charge < -0.3 is 15.5 Å². The van der Waals surface area contributed by atoms with Gasteiger partial charge in [0.15, 0.2) is 0 Å². The van der Waals surface area contributed by atoms with E-state index in [0.717, 1.165) is 24.2 Å². The fourth-order valence-electron chi connectivity index (χ4n) is 1.33. The summed E-state index contributed by atoms with van der Waals surface area (Å²) in [5, 5.41) is 28.6. The monoisotopic (exact) mass is 226 g/mol. The van der Waals surface area contributed by atoms with Crippen molar-refractivity contribution in [2.24, 2.45) is 0 Å². The lowest BCUT2D eigenvalue weighted by Crippen LogP contribution is -2.29. The van der Waals surface area contributed by atoms with Crippen LogP contribution in [0.2, 0.25) is 0 Å². The van der Waals surface area contributed by atoms with E-state index in [1.54, 1.807) is 0 Å². The van der Waals surface area contributed by atoms with Crippen LogP contribution < -0.4 is 5.32 Å². The molecule has 6 nitrogen and oxygen atoms in total. The van der Waals surface area contributed by atoms with Crippen molar-refractivity contribution in [1.29, 1.82) is 0 Å². The fourth-order valence-corrected chi connectivity index (χ4v) is 1.33. The van der Waals surface area contributed by atoms with Gasteiger partial charge in [-0.1, -0.05) is 13.8 Å². The second-order valence-corrected chi connectivity index (χ2v) is 3.44. The Kier molecular flexibility index (Phi) is 5.07. The van der Waals surface area contributed by atoms with Crippen molar-refractivity contribution in [3.63, 3.8) is 0 Å². The van der Waals surface area contributed by atoms with Crippen molar-refractivity contribution in [1.82, 2.24) is 15.2 Å². The molecule has 0 saturated carbocycles. The van der Waals surface area contributed by atoms with E-state index in [1.807, 2.05) is 13.8 Å². The van der Waals surface area contributed by atoms with Crippen LogP contribution in [-0.4, -0.2) is 44.7 Å². The molecule has 0 unspecified atom stereocenters. The predicted octanol–water partition coefficient (Wildman–Crippen LogP) is -0.239. The van der Waals surface area contributed by atoms with E-state index in [2.05, 4.69) is 20.5 Å². The maximum absolute atomic E-state index is 8.92. The molecule has 1 heterocycles. The average Bonchev–Trinajstić information content (AvgIpc) is 2.35. The van der Waals surface area contributed by atoms with E-state index in [4.69, 9.17) is 10.2 Å². The van der Waals surface area contributed by atoms with Gasteiger partial charge in [-0.2, -0.15) is 5.10 Å². The third-order valence-corrected chi connectivity index (χ3v) is 2.28. The van der Waals surface area contributed by atoms with Crippen LogP contribution in [0.5, 0.6) is 0 Å². The SMILES string of the molecule is CCc1nnc(NC(CO)CO)nc1CC. The first-order chi connectivity index (χ1) is 7.74. The Morgan fingerprint density at radius 3 is 2.19 bits per heavy atom. The number of aliphatic hydroxyl groups is 2. The number of hydrogen-bond donors (Lipinski definition) is 3. The number of anilines is 1. The van der Waals surface area contributed by atoms with Gasteiger partial charge in [-0.15, -0.1) is 5.10 Å². The summed E-state index contributed by atoms with van der Waals surface area (Å²) in [5.41, 5.74) is 1.78. The first-order valence-corrected chi connectivity index (χ1v) is 5.45. The quantitative estimate of drug-likeness (QED) is 0.620. The van der Waals surface area contributed by atoms with Crippen molar-refractivity contribution in [2.45, 2.75) is 32.7 Å². The number of rotatable bonds is 6. The first-order valence-electron chi connectivity index (χ1n) is 5.45. The van der Waals surface area contributed by atoms with Crippen LogP contribution in [0.15, 0.2) is 0 Å². The molecule has 0 saturated heterocycles. The molecule has 0 bridgehead atoms. The topological polar surface area (TPSA) is 91.2 Å². The van der Waals surface area contributed by atoms with E-state index in [9.17, 15) is 0 Å². The molecule has 1 aromatic heterocycles. The Labute approximate surface area is 94.8 Å². The minimum atomic E-state index is -0.445. The molecule has 0 atom stereocenters.